The molecule has 2 rings (SSSR count). The Morgan fingerprint density at radius 2 is 1.86 bits per heavy atom. The van der Waals surface area contributed by atoms with Gasteiger partial charge in [0.2, 0.25) is 0 Å². The number of amides is 1. The number of anilines is 1. The molecule has 1 aromatic heterocycles. The molecule has 0 fully saturated rings. The molecule has 0 aliphatic carbocycles. The molecule has 0 bridgehead atoms. The van der Waals surface area contributed by atoms with Crippen molar-refractivity contribution in [1.29, 1.82) is 0 Å². The molecule has 0 aliphatic rings. The van der Waals surface area contributed by atoms with Crippen molar-refractivity contribution in [2.45, 2.75) is 39.5 Å². The normalized spacial score (nSPS) is 11.0. The molecule has 4 nitrogen and oxygen atoms in total. The van der Waals surface area contributed by atoms with Crippen molar-refractivity contribution < 1.29 is 9.53 Å². The van der Waals surface area contributed by atoms with Gasteiger partial charge in [-0.1, -0.05) is 39.8 Å². The Morgan fingerprint density at radius 3 is 2.41 bits per heavy atom. The van der Waals surface area contributed by atoms with Gasteiger partial charge in [-0.25, -0.2) is 4.98 Å². The Morgan fingerprint density at radius 1 is 1.18 bits per heavy atom. The Labute approximate surface area is 135 Å². The number of carbonyl (C=O) groups is 1. The lowest BCUT2D eigenvalue weighted by atomic mass is 10.0. The summed E-state index contributed by atoms with van der Waals surface area (Å²) in [6.07, 6.45) is 0. The lowest BCUT2D eigenvalue weighted by Crippen LogP contribution is -2.20. The minimum Gasteiger partial charge on any atom is -0.484 e. The van der Waals surface area contributed by atoms with Crippen LogP contribution in [0.2, 0.25) is 0 Å². The number of carbonyl (C=O) groups excluding carboxylic acids is 1. The molecule has 0 saturated carbocycles. The van der Waals surface area contributed by atoms with Gasteiger partial charge >= 0.3 is 0 Å². The minimum absolute atomic E-state index is 0.0163. The minimum atomic E-state index is -0.197. The largest absolute Gasteiger partial charge is 0.484 e. The van der Waals surface area contributed by atoms with Crippen molar-refractivity contribution in [3.05, 3.63) is 40.9 Å². The summed E-state index contributed by atoms with van der Waals surface area (Å²) in [5.74, 6) is 1.34. The third kappa shape index (κ3) is 4.56. The van der Waals surface area contributed by atoms with E-state index in [9.17, 15) is 4.79 Å². The Bertz CT molecular complexity index is 618. The lowest BCUT2D eigenvalue weighted by molar-refractivity contribution is -0.118. The van der Waals surface area contributed by atoms with Gasteiger partial charge in [0.05, 0.1) is 5.69 Å². The lowest BCUT2D eigenvalue weighted by Gasteiger charge is -2.08. The number of nitrogens with zero attached hydrogens (tertiary/aromatic N) is 1. The molecular formula is C17H22N2O2S. The summed E-state index contributed by atoms with van der Waals surface area (Å²) < 4.78 is 5.49. The monoisotopic (exact) mass is 318 g/mol. The molecule has 22 heavy (non-hydrogen) atoms. The highest BCUT2D eigenvalue weighted by molar-refractivity contribution is 7.13. The molecule has 1 aromatic carbocycles. The first-order chi connectivity index (χ1) is 10.5. The van der Waals surface area contributed by atoms with E-state index in [-0.39, 0.29) is 12.5 Å². The quantitative estimate of drug-likeness (QED) is 0.858. The van der Waals surface area contributed by atoms with Crippen LogP contribution in [0.25, 0.3) is 0 Å². The van der Waals surface area contributed by atoms with Gasteiger partial charge in [-0.2, -0.15) is 0 Å². The van der Waals surface area contributed by atoms with Crippen molar-refractivity contribution >= 4 is 22.4 Å². The number of thiazole rings is 1. The third-order valence-electron chi connectivity index (χ3n) is 3.28. The number of hydrogen-bond acceptors (Lipinski definition) is 4. The second-order valence-corrected chi connectivity index (χ2v) is 6.65. The fourth-order valence-electron chi connectivity index (χ4n) is 1.86. The zero-order valence-electron chi connectivity index (χ0n) is 13.4. The van der Waals surface area contributed by atoms with Crippen molar-refractivity contribution in [2.24, 2.45) is 0 Å². The molecule has 118 valence electrons. The zero-order chi connectivity index (χ0) is 16.1. The highest BCUT2D eigenvalue weighted by Crippen LogP contribution is 2.21. The number of ether oxygens (including phenoxy) is 1. The van der Waals surface area contributed by atoms with Gasteiger partial charge in [-0.3, -0.25) is 10.1 Å². The van der Waals surface area contributed by atoms with Gasteiger partial charge in [-0.15, -0.1) is 11.3 Å². The van der Waals surface area contributed by atoms with Crippen LogP contribution in [0.4, 0.5) is 5.13 Å². The summed E-state index contributed by atoms with van der Waals surface area (Å²) in [4.78, 5) is 16.2. The van der Waals surface area contributed by atoms with Gasteiger partial charge in [0.15, 0.2) is 11.7 Å². The van der Waals surface area contributed by atoms with Crippen LogP contribution in [0.15, 0.2) is 29.6 Å². The Kier molecular flexibility index (Phi) is 5.55. The van der Waals surface area contributed by atoms with Gasteiger partial charge in [0.1, 0.15) is 5.75 Å². The first-order valence-corrected chi connectivity index (χ1v) is 8.31. The van der Waals surface area contributed by atoms with Crippen LogP contribution >= 0.6 is 11.3 Å². The summed E-state index contributed by atoms with van der Waals surface area (Å²) in [6.45, 7) is 8.41. The van der Waals surface area contributed by atoms with Crippen LogP contribution in [-0.4, -0.2) is 17.5 Å². The molecule has 1 heterocycles. The summed E-state index contributed by atoms with van der Waals surface area (Å²) in [5.41, 5.74) is 2.24. The molecule has 1 N–H and O–H groups in total. The topological polar surface area (TPSA) is 51.2 Å². The molecule has 0 atom stereocenters. The highest BCUT2D eigenvalue weighted by atomic mass is 32.1. The SMILES string of the molecule is CC(C)c1ccc(OCC(=O)Nc2nc(C(C)C)cs2)cc1. The smallest absolute Gasteiger partial charge is 0.264 e. The van der Waals surface area contributed by atoms with Crippen LogP contribution in [0.3, 0.4) is 0 Å². The van der Waals surface area contributed by atoms with E-state index in [0.29, 0.717) is 22.7 Å². The van der Waals surface area contributed by atoms with E-state index in [1.54, 1.807) is 0 Å². The summed E-state index contributed by atoms with van der Waals surface area (Å²) in [5, 5.41) is 5.34. The summed E-state index contributed by atoms with van der Waals surface area (Å²) in [6, 6.07) is 7.83. The number of hydrogen-bond donors (Lipinski definition) is 1. The maximum absolute atomic E-state index is 11.9. The Balaban J connectivity index is 1.84. The second-order valence-electron chi connectivity index (χ2n) is 5.79. The third-order valence-corrected chi connectivity index (χ3v) is 4.05. The maximum Gasteiger partial charge on any atom is 0.264 e. The molecule has 0 spiro atoms. The van der Waals surface area contributed by atoms with Crippen LogP contribution in [0.5, 0.6) is 5.75 Å². The van der Waals surface area contributed by atoms with E-state index >= 15 is 0 Å². The molecule has 2 aromatic rings. The van der Waals surface area contributed by atoms with Crippen molar-refractivity contribution in [1.82, 2.24) is 4.98 Å². The second kappa shape index (κ2) is 7.40. The molecule has 0 saturated heterocycles. The van der Waals surface area contributed by atoms with Crippen molar-refractivity contribution in [2.75, 3.05) is 11.9 Å². The number of benzene rings is 1. The zero-order valence-corrected chi connectivity index (χ0v) is 14.2. The van der Waals surface area contributed by atoms with Crippen LogP contribution in [0, 0.1) is 0 Å². The predicted molar refractivity (Wildman–Crippen MR) is 90.9 cm³/mol. The molecule has 1 amide bonds. The van der Waals surface area contributed by atoms with E-state index in [4.69, 9.17) is 4.74 Å². The molecule has 0 aliphatic heterocycles. The fraction of sp³-hybridized carbons (Fsp3) is 0.412. The molecular weight excluding hydrogens is 296 g/mol. The van der Waals surface area contributed by atoms with E-state index in [1.165, 1.54) is 16.9 Å². The predicted octanol–water partition coefficient (Wildman–Crippen LogP) is 4.41. The van der Waals surface area contributed by atoms with Crippen LogP contribution in [-0.2, 0) is 4.79 Å². The number of rotatable bonds is 6. The highest BCUT2D eigenvalue weighted by Gasteiger charge is 2.09. The average molecular weight is 318 g/mol. The summed E-state index contributed by atoms with van der Waals surface area (Å²) >= 11 is 1.43. The molecule has 0 unspecified atom stereocenters. The van der Waals surface area contributed by atoms with Gasteiger partial charge in [0, 0.05) is 5.38 Å². The van der Waals surface area contributed by atoms with Crippen LogP contribution in [0.1, 0.15) is 50.8 Å². The maximum atomic E-state index is 11.9. The van der Waals surface area contributed by atoms with Crippen LogP contribution < -0.4 is 10.1 Å². The van der Waals surface area contributed by atoms with Crippen molar-refractivity contribution in [3.63, 3.8) is 0 Å². The van der Waals surface area contributed by atoms with E-state index in [0.717, 1.165) is 5.69 Å². The van der Waals surface area contributed by atoms with E-state index in [1.807, 2.05) is 29.6 Å². The van der Waals surface area contributed by atoms with Gasteiger partial charge in [-0.05, 0) is 29.5 Å². The van der Waals surface area contributed by atoms with Crippen molar-refractivity contribution in [3.8, 4) is 5.75 Å². The standard InChI is InChI=1S/C17H22N2O2S/c1-11(2)13-5-7-14(8-6-13)21-9-16(20)19-17-18-15(10-22-17)12(3)4/h5-8,10-12H,9H2,1-4H3,(H,18,19,20). The summed E-state index contributed by atoms with van der Waals surface area (Å²) in [7, 11) is 0. The van der Waals surface area contributed by atoms with Gasteiger partial charge in [0.25, 0.3) is 5.91 Å². The average Bonchev–Trinajstić information content (AvgIpc) is 2.94. The van der Waals surface area contributed by atoms with E-state index < -0.39 is 0 Å². The molecule has 5 heteroatoms. The fourth-order valence-corrected chi connectivity index (χ4v) is 2.75. The molecule has 0 radical (unpaired) electrons. The number of nitrogens with one attached hydrogen (secondary N) is 1. The first-order valence-electron chi connectivity index (χ1n) is 7.43. The number of aromatic nitrogens is 1. The first kappa shape index (κ1) is 16.5. The Hall–Kier alpha value is -1.88. The van der Waals surface area contributed by atoms with E-state index in [2.05, 4.69) is 38.0 Å². The van der Waals surface area contributed by atoms with Gasteiger partial charge < -0.3 is 4.74 Å².